The molecule has 6 nitrogen and oxygen atoms in total. The van der Waals surface area contributed by atoms with E-state index in [9.17, 15) is 9.90 Å². The second-order valence-corrected chi connectivity index (χ2v) is 8.04. The van der Waals surface area contributed by atoms with Crippen LogP contribution in [0.15, 0.2) is 109 Å². The number of para-hydroxylation sites is 2. The number of aliphatic carboxylic acids is 1. The van der Waals surface area contributed by atoms with E-state index in [-0.39, 0.29) is 6.42 Å². The highest BCUT2D eigenvalue weighted by atomic mass is 16.5. The monoisotopic (exact) mass is 484 g/mol. The number of ether oxygens (including phenoxy) is 4. The van der Waals surface area contributed by atoms with Gasteiger partial charge >= 0.3 is 5.97 Å². The number of benzene rings is 4. The van der Waals surface area contributed by atoms with E-state index in [1.807, 2.05) is 97.1 Å². The van der Waals surface area contributed by atoms with E-state index in [0.29, 0.717) is 19.0 Å². The minimum Gasteiger partial charge on any atom is -0.493 e. The lowest BCUT2D eigenvalue weighted by molar-refractivity contribution is -0.145. The number of carbonyl (C=O) groups is 1. The van der Waals surface area contributed by atoms with Crippen LogP contribution in [0, 0.1) is 0 Å². The molecule has 0 spiro atoms. The maximum absolute atomic E-state index is 11.6. The average molecular weight is 485 g/mol. The van der Waals surface area contributed by atoms with E-state index in [1.165, 1.54) is 0 Å². The van der Waals surface area contributed by atoms with Crippen molar-refractivity contribution in [2.24, 2.45) is 0 Å². The molecule has 1 atom stereocenters. The van der Waals surface area contributed by atoms with Crippen LogP contribution in [-0.2, 0) is 11.2 Å². The van der Waals surface area contributed by atoms with E-state index in [4.69, 9.17) is 18.9 Å². The predicted octanol–water partition coefficient (Wildman–Crippen LogP) is 6.40. The molecule has 184 valence electrons. The fourth-order valence-corrected chi connectivity index (χ4v) is 3.45. The molecule has 0 aromatic heterocycles. The first-order chi connectivity index (χ1) is 17.7. The van der Waals surface area contributed by atoms with Crippen LogP contribution < -0.4 is 18.9 Å². The third-order valence-electron chi connectivity index (χ3n) is 5.27. The van der Waals surface area contributed by atoms with E-state index >= 15 is 0 Å². The molecule has 0 heterocycles. The number of carboxylic acid groups (broad SMARTS) is 1. The van der Waals surface area contributed by atoms with E-state index in [1.54, 1.807) is 12.1 Å². The lowest BCUT2D eigenvalue weighted by atomic mass is 10.1. The van der Waals surface area contributed by atoms with Crippen molar-refractivity contribution in [1.29, 1.82) is 0 Å². The Balaban J connectivity index is 1.16. The molecule has 4 aromatic rings. The third kappa shape index (κ3) is 7.81. The molecule has 36 heavy (non-hydrogen) atoms. The lowest BCUT2D eigenvalue weighted by Crippen LogP contribution is -2.29. The van der Waals surface area contributed by atoms with Gasteiger partial charge in [0.05, 0.1) is 13.2 Å². The molecule has 1 N–H and O–H groups in total. The van der Waals surface area contributed by atoms with Crippen molar-refractivity contribution in [1.82, 2.24) is 0 Å². The van der Waals surface area contributed by atoms with Crippen LogP contribution in [-0.4, -0.2) is 30.4 Å². The van der Waals surface area contributed by atoms with E-state index in [0.717, 1.165) is 35.0 Å². The summed E-state index contributed by atoms with van der Waals surface area (Å²) in [6.45, 7) is 1.03. The molecule has 0 amide bonds. The zero-order valence-corrected chi connectivity index (χ0v) is 19.8. The number of rotatable bonds is 13. The number of carboxylic acids is 1. The normalized spacial score (nSPS) is 11.3. The topological polar surface area (TPSA) is 74.2 Å². The molecule has 4 aromatic carbocycles. The van der Waals surface area contributed by atoms with Crippen molar-refractivity contribution in [3.63, 3.8) is 0 Å². The fourth-order valence-electron chi connectivity index (χ4n) is 3.45. The molecule has 0 aliphatic rings. The van der Waals surface area contributed by atoms with Gasteiger partial charge in [-0.15, -0.1) is 0 Å². The first kappa shape index (κ1) is 24.7. The predicted molar refractivity (Wildman–Crippen MR) is 137 cm³/mol. The summed E-state index contributed by atoms with van der Waals surface area (Å²) in [4.78, 5) is 11.6. The van der Waals surface area contributed by atoms with Crippen LogP contribution >= 0.6 is 0 Å². The van der Waals surface area contributed by atoms with Gasteiger partial charge in [-0.3, -0.25) is 0 Å². The first-order valence-corrected chi connectivity index (χ1v) is 11.8. The Bertz CT molecular complexity index is 1190. The largest absolute Gasteiger partial charge is 0.493 e. The van der Waals surface area contributed by atoms with Gasteiger partial charge < -0.3 is 24.1 Å². The maximum atomic E-state index is 11.6. The van der Waals surface area contributed by atoms with Crippen molar-refractivity contribution in [2.45, 2.75) is 18.9 Å². The molecule has 0 aliphatic carbocycles. The highest BCUT2D eigenvalue weighted by Crippen LogP contribution is 2.23. The van der Waals surface area contributed by atoms with Gasteiger partial charge in [-0.25, -0.2) is 4.79 Å². The van der Waals surface area contributed by atoms with Crippen molar-refractivity contribution in [3.05, 3.63) is 115 Å². The van der Waals surface area contributed by atoms with Gasteiger partial charge in [0.2, 0.25) is 0 Å². The lowest BCUT2D eigenvalue weighted by Gasteiger charge is -2.15. The maximum Gasteiger partial charge on any atom is 0.345 e. The Morgan fingerprint density at radius 1 is 0.611 bits per heavy atom. The fraction of sp³-hybridized carbons (Fsp3) is 0.167. The Hall–Kier alpha value is -4.45. The highest BCUT2D eigenvalue weighted by molar-refractivity contribution is 5.73. The molecule has 0 bridgehead atoms. The molecule has 0 aliphatic heterocycles. The van der Waals surface area contributed by atoms with Gasteiger partial charge in [0.1, 0.15) is 28.7 Å². The second-order valence-electron chi connectivity index (χ2n) is 8.04. The Labute approximate surface area is 210 Å². The minimum atomic E-state index is -1.00. The van der Waals surface area contributed by atoms with Crippen molar-refractivity contribution in [3.8, 4) is 28.7 Å². The van der Waals surface area contributed by atoms with Gasteiger partial charge in [-0.05, 0) is 66.2 Å². The second kappa shape index (κ2) is 12.9. The molecular formula is C30H28O6. The SMILES string of the molecule is O=C(O)C(Cc1ccc(OCCCOc2ccc(Oc3ccccc3)cc2)cc1)Oc1ccccc1. The van der Waals surface area contributed by atoms with Crippen molar-refractivity contribution in [2.75, 3.05) is 13.2 Å². The zero-order valence-electron chi connectivity index (χ0n) is 19.8. The Kier molecular flexibility index (Phi) is 8.81. The summed E-state index contributed by atoms with van der Waals surface area (Å²) in [5, 5.41) is 9.51. The molecule has 0 saturated carbocycles. The molecule has 6 heteroatoms. The van der Waals surface area contributed by atoms with Gasteiger partial charge in [0.15, 0.2) is 6.10 Å². The molecule has 0 saturated heterocycles. The summed E-state index contributed by atoms with van der Waals surface area (Å²) in [6.07, 6.45) is 0.0130. The van der Waals surface area contributed by atoms with Gasteiger partial charge in [-0.2, -0.15) is 0 Å². The van der Waals surface area contributed by atoms with Crippen LogP contribution in [0.3, 0.4) is 0 Å². The van der Waals surface area contributed by atoms with Crippen LogP contribution in [0.4, 0.5) is 0 Å². The van der Waals surface area contributed by atoms with Crippen LogP contribution in [0.25, 0.3) is 0 Å². The summed E-state index contributed by atoms with van der Waals surface area (Å²) in [5.74, 6) is 2.56. The summed E-state index contributed by atoms with van der Waals surface area (Å²) in [5.41, 5.74) is 0.855. The van der Waals surface area contributed by atoms with Crippen molar-refractivity contribution < 1.29 is 28.8 Å². The standard InChI is InChI=1S/C30H28O6/c31-30(32)29(36-27-10-5-2-6-11-27)22-23-12-14-24(15-13-23)33-20-7-21-34-25-16-18-28(19-17-25)35-26-8-3-1-4-9-26/h1-6,8-19,29H,7,20-22H2,(H,31,32). The average Bonchev–Trinajstić information content (AvgIpc) is 2.91. The third-order valence-corrected chi connectivity index (χ3v) is 5.27. The van der Waals surface area contributed by atoms with Crippen LogP contribution in [0.5, 0.6) is 28.7 Å². The summed E-state index contributed by atoms with van der Waals surface area (Å²) >= 11 is 0. The summed E-state index contributed by atoms with van der Waals surface area (Å²) in [6, 6.07) is 33.5. The number of hydrogen-bond acceptors (Lipinski definition) is 5. The van der Waals surface area contributed by atoms with Crippen molar-refractivity contribution >= 4 is 5.97 Å². The van der Waals surface area contributed by atoms with E-state index in [2.05, 4.69) is 0 Å². The Morgan fingerprint density at radius 3 is 1.64 bits per heavy atom. The van der Waals surface area contributed by atoms with Crippen LogP contribution in [0.1, 0.15) is 12.0 Å². The Morgan fingerprint density at radius 2 is 1.08 bits per heavy atom. The molecule has 0 fully saturated rings. The van der Waals surface area contributed by atoms with E-state index < -0.39 is 12.1 Å². The number of hydrogen-bond donors (Lipinski definition) is 1. The summed E-state index contributed by atoms with van der Waals surface area (Å²) in [7, 11) is 0. The smallest absolute Gasteiger partial charge is 0.345 e. The molecule has 1 unspecified atom stereocenters. The molecule has 4 rings (SSSR count). The quantitative estimate of drug-likeness (QED) is 0.221. The van der Waals surface area contributed by atoms with Crippen LogP contribution in [0.2, 0.25) is 0 Å². The van der Waals surface area contributed by atoms with Gasteiger partial charge in [0.25, 0.3) is 0 Å². The molecule has 0 radical (unpaired) electrons. The van der Waals surface area contributed by atoms with Gasteiger partial charge in [0, 0.05) is 12.8 Å². The summed E-state index contributed by atoms with van der Waals surface area (Å²) < 4.78 is 23.0. The zero-order chi connectivity index (χ0) is 25.0. The van der Waals surface area contributed by atoms with Gasteiger partial charge in [-0.1, -0.05) is 48.5 Å². The first-order valence-electron chi connectivity index (χ1n) is 11.8. The highest BCUT2D eigenvalue weighted by Gasteiger charge is 2.20. The molecular weight excluding hydrogens is 456 g/mol. The minimum absolute atomic E-state index is 0.257.